The maximum absolute atomic E-state index is 12.5. The molecule has 0 aromatic carbocycles. The molecule has 8 nitrogen and oxygen atoms in total. The van der Waals surface area contributed by atoms with Crippen LogP contribution >= 0.6 is 35.3 Å². The molecule has 1 amide bonds. The smallest absolute Gasteiger partial charge is 0.236 e. The Labute approximate surface area is 194 Å². The summed E-state index contributed by atoms with van der Waals surface area (Å²) >= 11 is 1.72. The number of amides is 1. The molecule has 1 N–H and O–H groups in total. The summed E-state index contributed by atoms with van der Waals surface area (Å²) in [6, 6.07) is 0. The molecule has 1 aromatic rings. The van der Waals surface area contributed by atoms with Crippen molar-refractivity contribution in [3.8, 4) is 0 Å². The Bertz CT molecular complexity index is 684. The Morgan fingerprint density at radius 2 is 1.83 bits per heavy atom. The van der Waals surface area contributed by atoms with Gasteiger partial charge in [-0.15, -0.1) is 35.3 Å². The lowest BCUT2D eigenvalue weighted by Crippen LogP contribution is -2.54. The Balaban J connectivity index is 0.00000300. The fraction of sp³-hybridized carbons (Fsp3) is 0.737. The molecule has 0 bridgehead atoms. The van der Waals surface area contributed by atoms with E-state index < -0.39 is 0 Å². The zero-order chi connectivity index (χ0) is 19.9. The van der Waals surface area contributed by atoms with Gasteiger partial charge in [0.15, 0.2) is 5.96 Å². The zero-order valence-corrected chi connectivity index (χ0v) is 20.8. The number of morpholine rings is 1. The molecular weight excluding hydrogens is 503 g/mol. The average Bonchev–Trinajstić information content (AvgIpc) is 3.03. The number of aromatic nitrogens is 1. The van der Waals surface area contributed by atoms with Crippen molar-refractivity contribution in [2.75, 3.05) is 65.6 Å². The van der Waals surface area contributed by atoms with Crippen LogP contribution in [0.5, 0.6) is 0 Å². The molecule has 2 fully saturated rings. The number of thiazole rings is 1. The molecule has 3 rings (SSSR count). The molecule has 0 saturated carbocycles. The number of hydrogen-bond acceptors (Lipinski definition) is 6. The summed E-state index contributed by atoms with van der Waals surface area (Å²) in [6.07, 6.45) is 0. The van der Waals surface area contributed by atoms with Crippen molar-refractivity contribution in [1.29, 1.82) is 0 Å². The number of nitrogens with zero attached hydrogens (tertiary/aromatic N) is 5. The lowest BCUT2D eigenvalue weighted by molar-refractivity contribution is -0.136. The number of carbonyl (C=O) groups excluding carboxylic acids is 1. The maximum Gasteiger partial charge on any atom is 0.236 e. The van der Waals surface area contributed by atoms with Crippen molar-refractivity contribution >= 4 is 47.2 Å². The Morgan fingerprint density at radius 1 is 1.14 bits per heavy atom. The summed E-state index contributed by atoms with van der Waals surface area (Å²) in [5.74, 6) is 1.17. The van der Waals surface area contributed by atoms with Crippen LogP contribution in [0.1, 0.15) is 22.5 Å². The summed E-state index contributed by atoms with van der Waals surface area (Å²) in [4.78, 5) is 29.5. The van der Waals surface area contributed by atoms with Gasteiger partial charge in [-0.1, -0.05) is 0 Å². The highest BCUT2D eigenvalue weighted by Gasteiger charge is 2.24. The van der Waals surface area contributed by atoms with Crippen LogP contribution in [0.15, 0.2) is 4.99 Å². The Kier molecular flexibility index (Phi) is 10.1. The van der Waals surface area contributed by atoms with Crippen LogP contribution in [0.2, 0.25) is 0 Å². The number of rotatable bonds is 5. The van der Waals surface area contributed by atoms with E-state index in [0.717, 1.165) is 49.4 Å². The third-order valence-corrected chi connectivity index (χ3v) is 6.16. The molecular formula is C19H33IN6O2S. The first-order valence-electron chi connectivity index (χ1n) is 10.1. The fourth-order valence-corrected chi connectivity index (χ4v) is 4.38. The van der Waals surface area contributed by atoms with E-state index >= 15 is 0 Å². The highest BCUT2D eigenvalue weighted by atomic mass is 127. The Morgan fingerprint density at radius 3 is 2.41 bits per heavy atom. The molecule has 164 valence electrons. The normalized spacial score (nSPS) is 18.5. The molecule has 0 atom stereocenters. The SMILES string of the molecule is CCNC(=NCc1sc(C)nc1C)N1CCN(CC(=O)N2CCOCC2)CC1.I. The largest absolute Gasteiger partial charge is 0.378 e. The van der Waals surface area contributed by atoms with Gasteiger partial charge in [-0.2, -0.15) is 0 Å². The standard InChI is InChI=1S/C19H32N6O2S.HI/c1-4-20-19(21-13-17-15(2)22-16(3)28-17)25-7-5-23(6-8-25)14-18(26)24-9-11-27-12-10-24;/h4-14H2,1-3H3,(H,20,21);1H. The summed E-state index contributed by atoms with van der Waals surface area (Å²) < 4.78 is 5.33. The lowest BCUT2D eigenvalue weighted by Gasteiger charge is -2.37. The predicted molar refractivity (Wildman–Crippen MR) is 127 cm³/mol. The van der Waals surface area contributed by atoms with Crippen LogP contribution in [0.25, 0.3) is 0 Å². The first kappa shape index (κ1) is 24.3. The number of aryl methyl sites for hydroxylation is 2. The maximum atomic E-state index is 12.5. The van der Waals surface area contributed by atoms with Crippen LogP contribution in [-0.2, 0) is 16.1 Å². The van der Waals surface area contributed by atoms with E-state index in [1.54, 1.807) is 11.3 Å². The van der Waals surface area contributed by atoms with Gasteiger partial charge in [0.1, 0.15) is 0 Å². The molecule has 29 heavy (non-hydrogen) atoms. The van der Waals surface area contributed by atoms with E-state index in [1.807, 2.05) is 18.7 Å². The number of hydrogen-bond donors (Lipinski definition) is 1. The monoisotopic (exact) mass is 536 g/mol. The van der Waals surface area contributed by atoms with Crippen molar-refractivity contribution in [1.82, 2.24) is 25.0 Å². The number of piperazine rings is 1. The van der Waals surface area contributed by atoms with Crippen LogP contribution in [-0.4, -0.2) is 97.1 Å². The minimum Gasteiger partial charge on any atom is -0.378 e. The summed E-state index contributed by atoms with van der Waals surface area (Å²) in [5.41, 5.74) is 1.08. The first-order chi connectivity index (χ1) is 13.6. The zero-order valence-electron chi connectivity index (χ0n) is 17.6. The third kappa shape index (κ3) is 7.04. The molecule has 2 aliphatic rings. The first-order valence-corrected chi connectivity index (χ1v) is 10.9. The van der Waals surface area contributed by atoms with Gasteiger partial charge in [0.2, 0.25) is 5.91 Å². The molecule has 10 heteroatoms. The second kappa shape index (κ2) is 12.0. The number of guanidine groups is 1. The summed E-state index contributed by atoms with van der Waals surface area (Å²) in [6.45, 7) is 14.4. The van der Waals surface area contributed by atoms with Gasteiger partial charge in [-0.25, -0.2) is 9.98 Å². The molecule has 0 aliphatic carbocycles. The number of nitrogens with one attached hydrogen (secondary N) is 1. The molecule has 2 aliphatic heterocycles. The van der Waals surface area contributed by atoms with Gasteiger partial charge in [0.25, 0.3) is 0 Å². The van der Waals surface area contributed by atoms with Crippen molar-refractivity contribution in [3.05, 3.63) is 15.6 Å². The van der Waals surface area contributed by atoms with E-state index in [0.29, 0.717) is 39.4 Å². The highest BCUT2D eigenvalue weighted by molar-refractivity contribution is 14.0. The van der Waals surface area contributed by atoms with Crippen molar-refractivity contribution < 1.29 is 9.53 Å². The van der Waals surface area contributed by atoms with Crippen LogP contribution in [0.4, 0.5) is 0 Å². The Hall–Kier alpha value is -0.980. The molecule has 2 saturated heterocycles. The highest BCUT2D eigenvalue weighted by Crippen LogP contribution is 2.18. The molecule has 0 spiro atoms. The quantitative estimate of drug-likeness (QED) is 0.348. The van der Waals surface area contributed by atoms with Gasteiger partial charge in [-0.3, -0.25) is 9.69 Å². The van der Waals surface area contributed by atoms with Crippen LogP contribution < -0.4 is 5.32 Å². The summed E-state index contributed by atoms with van der Waals surface area (Å²) in [7, 11) is 0. The molecule has 1 aromatic heterocycles. The van der Waals surface area contributed by atoms with Gasteiger partial charge < -0.3 is 19.9 Å². The number of ether oxygens (including phenoxy) is 1. The topological polar surface area (TPSA) is 73.3 Å². The second-order valence-corrected chi connectivity index (χ2v) is 8.46. The van der Waals surface area contributed by atoms with E-state index in [9.17, 15) is 4.79 Å². The fourth-order valence-electron chi connectivity index (χ4n) is 3.51. The third-order valence-electron chi connectivity index (χ3n) is 5.10. The predicted octanol–water partition coefficient (Wildman–Crippen LogP) is 1.32. The summed E-state index contributed by atoms with van der Waals surface area (Å²) in [5, 5.41) is 4.50. The van der Waals surface area contributed by atoms with E-state index in [2.05, 4.69) is 27.0 Å². The minimum absolute atomic E-state index is 0. The molecule has 3 heterocycles. The number of halogens is 1. The van der Waals surface area contributed by atoms with E-state index in [-0.39, 0.29) is 29.9 Å². The van der Waals surface area contributed by atoms with Gasteiger partial charge in [-0.05, 0) is 20.8 Å². The number of aliphatic imine (C=N–C) groups is 1. The number of carbonyl (C=O) groups is 1. The van der Waals surface area contributed by atoms with Gasteiger partial charge >= 0.3 is 0 Å². The van der Waals surface area contributed by atoms with E-state index in [4.69, 9.17) is 9.73 Å². The molecule has 0 radical (unpaired) electrons. The average molecular weight is 536 g/mol. The van der Waals surface area contributed by atoms with Crippen molar-refractivity contribution in [2.45, 2.75) is 27.3 Å². The van der Waals surface area contributed by atoms with Gasteiger partial charge in [0, 0.05) is 50.7 Å². The van der Waals surface area contributed by atoms with Crippen LogP contribution in [0, 0.1) is 13.8 Å². The van der Waals surface area contributed by atoms with E-state index in [1.165, 1.54) is 4.88 Å². The van der Waals surface area contributed by atoms with Crippen molar-refractivity contribution in [2.24, 2.45) is 4.99 Å². The lowest BCUT2D eigenvalue weighted by atomic mass is 10.3. The second-order valence-electron chi connectivity index (χ2n) is 7.17. The van der Waals surface area contributed by atoms with Gasteiger partial charge in [0.05, 0.1) is 37.0 Å². The minimum atomic E-state index is 0. The van der Waals surface area contributed by atoms with Crippen molar-refractivity contribution in [3.63, 3.8) is 0 Å². The van der Waals surface area contributed by atoms with Crippen LogP contribution in [0.3, 0.4) is 0 Å². The molecule has 0 unspecified atom stereocenters.